The topological polar surface area (TPSA) is 84.5 Å². The number of hydrogen-bond acceptors (Lipinski definition) is 5. The molecule has 0 radical (unpaired) electrons. The van der Waals surface area contributed by atoms with E-state index in [4.69, 9.17) is 9.47 Å². The van der Waals surface area contributed by atoms with E-state index in [9.17, 15) is 9.59 Å². The molecular formula is C17H27N3O4. The van der Waals surface area contributed by atoms with Crippen LogP contribution in [0.5, 0.6) is 0 Å². The first kappa shape index (κ1) is 18.3. The normalized spacial score (nSPS) is 16.1. The summed E-state index contributed by atoms with van der Waals surface area (Å²) in [6.45, 7) is 10.7. The van der Waals surface area contributed by atoms with Crippen molar-refractivity contribution in [2.24, 2.45) is 0 Å². The summed E-state index contributed by atoms with van der Waals surface area (Å²) in [4.78, 5) is 33.3. The zero-order valence-corrected chi connectivity index (χ0v) is 15.1. The second-order valence-corrected chi connectivity index (χ2v) is 7.06. The van der Waals surface area contributed by atoms with Gasteiger partial charge in [0.1, 0.15) is 11.4 Å². The van der Waals surface area contributed by atoms with Crippen LogP contribution < -0.4 is 0 Å². The van der Waals surface area contributed by atoms with E-state index in [1.165, 1.54) is 0 Å². The number of H-pyrrole nitrogens is 1. The van der Waals surface area contributed by atoms with Gasteiger partial charge in [0.25, 0.3) is 0 Å². The van der Waals surface area contributed by atoms with Gasteiger partial charge < -0.3 is 19.4 Å². The van der Waals surface area contributed by atoms with Gasteiger partial charge in [-0.2, -0.15) is 0 Å². The van der Waals surface area contributed by atoms with E-state index in [1.807, 2.05) is 27.7 Å². The van der Waals surface area contributed by atoms with Crippen LogP contribution in [0, 0.1) is 6.92 Å². The Morgan fingerprint density at radius 2 is 1.92 bits per heavy atom. The Kier molecular flexibility index (Phi) is 5.51. The van der Waals surface area contributed by atoms with Gasteiger partial charge in [-0.15, -0.1) is 0 Å². The lowest BCUT2D eigenvalue weighted by Gasteiger charge is -2.32. The van der Waals surface area contributed by atoms with Crippen LogP contribution in [0.1, 0.15) is 68.5 Å². The summed E-state index contributed by atoms with van der Waals surface area (Å²) < 4.78 is 10.4. The van der Waals surface area contributed by atoms with Crippen LogP contribution >= 0.6 is 0 Å². The molecule has 1 aliphatic rings. The molecule has 0 saturated carbocycles. The number of rotatable bonds is 3. The standard InChI is InChI=1S/C17H27N3O4/c1-6-23-15(21)13-11(2)18-14(19-13)12-7-9-20(10-8-12)16(22)24-17(3,4)5/h12H,6-10H2,1-5H3,(H,18,19). The van der Waals surface area contributed by atoms with E-state index in [2.05, 4.69) is 9.97 Å². The molecule has 1 saturated heterocycles. The minimum atomic E-state index is -0.486. The first-order valence-corrected chi connectivity index (χ1v) is 8.42. The number of hydrogen-bond donors (Lipinski definition) is 1. The second-order valence-electron chi connectivity index (χ2n) is 7.06. The highest BCUT2D eigenvalue weighted by Crippen LogP contribution is 2.27. The monoisotopic (exact) mass is 337 g/mol. The Morgan fingerprint density at radius 3 is 2.46 bits per heavy atom. The number of carbonyl (C=O) groups is 2. The Balaban J connectivity index is 1.96. The van der Waals surface area contributed by atoms with E-state index in [-0.39, 0.29) is 12.0 Å². The number of nitrogens with zero attached hydrogens (tertiary/aromatic N) is 2. The van der Waals surface area contributed by atoms with Gasteiger partial charge in [-0.05, 0) is 47.5 Å². The zero-order chi connectivity index (χ0) is 17.9. The number of aromatic amines is 1. The van der Waals surface area contributed by atoms with E-state index in [0.29, 0.717) is 25.4 Å². The quantitative estimate of drug-likeness (QED) is 0.857. The van der Waals surface area contributed by atoms with Gasteiger partial charge >= 0.3 is 12.1 Å². The molecule has 24 heavy (non-hydrogen) atoms. The van der Waals surface area contributed by atoms with Crippen LogP contribution in [-0.2, 0) is 9.47 Å². The van der Waals surface area contributed by atoms with Crippen molar-refractivity contribution in [3.8, 4) is 0 Å². The van der Waals surface area contributed by atoms with Crippen molar-refractivity contribution in [1.29, 1.82) is 0 Å². The number of aromatic nitrogens is 2. The maximum absolute atomic E-state index is 12.1. The van der Waals surface area contributed by atoms with E-state index in [1.54, 1.807) is 11.8 Å². The number of carbonyl (C=O) groups excluding carboxylic acids is 2. The predicted molar refractivity (Wildman–Crippen MR) is 89.1 cm³/mol. The Bertz CT molecular complexity index is 595. The number of imidazole rings is 1. The lowest BCUT2D eigenvalue weighted by atomic mass is 9.96. The molecule has 0 aliphatic carbocycles. The van der Waals surface area contributed by atoms with Gasteiger partial charge in [0.2, 0.25) is 0 Å². The van der Waals surface area contributed by atoms with Crippen LogP contribution in [0.15, 0.2) is 0 Å². The summed E-state index contributed by atoms with van der Waals surface area (Å²) >= 11 is 0. The number of likely N-dealkylation sites (tertiary alicyclic amines) is 1. The molecule has 0 spiro atoms. The smallest absolute Gasteiger partial charge is 0.410 e. The fourth-order valence-electron chi connectivity index (χ4n) is 2.74. The summed E-state index contributed by atoms with van der Waals surface area (Å²) in [6.07, 6.45) is 1.30. The van der Waals surface area contributed by atoms with Crippen molar-refractivity contribution in [2.45, 2.75) is 59.0 Å². The lowest BCUT2D eigenvalue weighted by molar-refractivity contribution is 0.0203. The molecular weight excluding hydrogens is 310 g/mol. The number of ether oxygens (including phenoxy) is 2. The Hall–Kier alpha value is -2.05. The van der Waals surface area contributed by atoms with Crippen LogP contribution in [0.25, 0.3) is 0 Å². The summed E-state index contributed by atoms with van der Waals surface area (Å²) in [6, 6.07) is 0. The first-order valence-electron chi connectivity index (χ1n) is 8.42. The molecule has 1 aromatic heterocycles. The molecule has 7 heteroatoms. The molecule has 134 valence electrons. The van der Waals surface area contributed by atoms with Crippen LogP contribution in [0.4, 0.5) is 4.79 Å². The van der Waals surface area contributed by atoms with Gasteiger partial charge in [0, 0.05) is 24.7 Å². The van der Waals surface area contributed by atoms with Crippen molar-refractivity contribution < 1.29 is 19.1 Å². The summed E-state index contributed by atoms with van der Waals surface area (Å²) in [5.41, 5.74) is 0.583. The third kappa shape index (κ3) is 4.49. The van der Waals surface area contributed by atoms with Crippen molar-refractivity contribution >= 4 is 12.1 Å². The maximum atomic E-state index is 12.1. The molecule has 2 heterocycles. The van der Waals surface area contributed by atoms with Gasteiger partial charge in [0.15, 0.2) is 5.69 Å². The largest absolute Gasteiger partial charge is 0.461 e. The summed E-state index contributed by atoms with van der Waals surface area (Å²) in [5, 5.41) is 0. The number of piperidine rings is 1. The molecule has 0 bridgehead atoms. The molecule has 0 unspecified atom stereocenters. The molecule has 0 atom stereocenters. The fraction of sp³-hybridized carbons (Fsp3) is 0.706. The van der Waals surface area contributed by atoms with Crippen LogP contribution in [0.2, 0.25) is 0 Å². The summed E-state index contributed by atoms with van der Waals surface area (Å²) in [7, 11) is 0. The average Bonchev–Trinajstić information content (AvgIpc) is 2.88. The Labute approximate surface area is 142 Å². The molecule has 0 aromatic carbocycles. The van der Waals surface area contributed by atoms with E-state index >= 15 is 0 Å². The third-order valence-electron chi connectivity index (χ3n) is 3.91. The van der Waals surface area contributed by atoms with Crippen molar-refractivity contribution in [1.82, 2.24) is 14.9 Å². The highest BCUT2D eigenvalue weighted by Gasteiger charge is 2.29. The molecule has 1 aliphatic heterocycles. The molecule has 2 rings (SSSR count). The average molecular weight is 337 g/mol. The molecule has 1 fully saturated rings. The lowest BCUT2D eigenvalue weighted by Crippen LogP contribution is -2.41. The molecule has 1 amide bonds. The maximum Gasteiger partial charge on any atom is 0.410 e. The second kappa shape index (κ2) is 7.23. The van der Waals surface area contributed by atoms with Gasteiger partial charge in [-0.1, -0.05) is 0 Å². The minimum Gasteiger partial charge on any atom is -0.461 e. The van der Waals surface area contributed by atoms with Gasteiger partial charge in [-0.3, -0.25) is 0 Å². The minimum absolute atomic E-state index is 0.200. The van der Waals surface area contributed by atoms with E-state index in [0.717, 1.165) is 24.4 Å². The first-order chi connectivity index (χ1) is 11.2. The summed E-state index contributed by atoms with van der Waals surface area (Å²) in [5.74, 6) is 0.591. The van der Waals surface area contributed by atoms with Crippen molar-refractivity contribution in [2.75, 3.05) is 19.7 Å². The van der Waals surface area contributed by atoms with E-state index < -0.39 is 11.6 Å². The number of esters is 1. The molecule has 7 nitrogen and oxygen atoms in total. The predicted octanol–water partition coefficient (Wildman–Crippen LogP) is 3.01. The molecule has 1 aromatic rings. The Morgan fingerprint density at radius 1 is 1.29 bits per heavy atom. The van der Waals surface area contributed by atoms with Crippen molar-refractivity contribution in [3.05, 3.63) is 17.2 Å². The number of aryl methyl sites for hydroxylation is 1. The van der Waals surface area contributed by atoms with Gasteiger partial charge in [-0.25, -0.2) is 14.6 Å². The molecule has 1 N–H and O–H groups in total. The third-order valence-corrected chi connectivity index (χ3v) is 3.91. The highest BCUT2D eigenvalue weighted by molar-refractivity contribution is 5.88. The number of amides is 1. The zero-order valence-electron chi connectivity index (χ0n) is 15.1. The van der Waals surface area contributed by atoms with Crippen LogP contribution in [0.3, 0.4) is 0 Å². The van der Waals surface area contributed by atoms with Crippen molar-refractivity contribution in [3.63, 3.8) is 0 Å². The van der Waals surface area contributed by atoms with Gasteiger partial charge in [0.05, 0.1) is 6.61 Å². The SMILES string of the molecule is CCOC(=O)c1nc(C2CCN(C(=O)OC(C)(C)C)CC2)[nH]c1C. The number of nitrogens with one attached hydrogen (secondary N) is 1. The van der Waals surface area contributed by atoms with Crippen LogP contribution in [-0.4, -0.2) is 52.2 Å². The highest BCUT2D eigenvalue weighted by atomic mass is 16.6. The fourth-order valence-corrected chi connectivity index (χ4v) is 2.74.